The molecule has 3 aromatic heterocycles. The molecule has 0 bridgehead atoms. The molecule has 1 fully saturated rings. The largest absolute Gasteiger partial charge is 0.337 e. The van der Waals surface area contributed by atoms with Crippen LogP contribution in [0.2, 0.25) is 5.02 Å². The number of halogens is 2. The molecule has 2 amide bonds. The number of aromatic nitrogens is 5. The van der Waals surface area contributed by atoms with Gasteiger partial charge in [0.2, 0.25) is 5.91 Å². The maximum absolute atomic E-state index is 13.4. The molecule has 4 aromatic rings. The third-order valence-electron chi connectivity index (χ3n) is 6.37. The number of nitrogens with one attached hydrogen (secondary N) is 1. The normalized spacial score (nSPS) is 14.1. The summed E-state index contributed by atoms with van der Waals surface area (Å²) in [6.45, 7) is 3.32. The average Bonchev–Trinajstić information content (AvgIpc) is 3.49. The quantitative estimate of drug-likeness (QED) is 0.351. The minimum atomic E-state index is -0.125. The Balaban J connectivity index is 1.19. The van der Waals surface area contributed by atoms with Crippen LogP contribution in [-0.2, 0) is 11.3 Å². The molecule has 0 spiro atoms. The van der Waals surface area contributed by atoms with Crippen molar-refractivity contribution in [1.82, 2.24) is 29.4 Å². The van der Waals surface area contributed by atoms with E-state index in [4.69, 9.17) is 11.6 Å². The van der Waals surface area contributed by atoms with Gasteiger partial charge >= 0.3 is 0 Å². The Kier molecular flexibility index (Phi) is 7.38. The van der Waals surface area contributed by atoms with Crippen LogP contribution in [0.5, 0.6) is 0 Å². The Hall–Kier alpha value is -3.50. The van der Waals surface area contributed by atoms with Gasteiger partial charge in [0, 0.05) is 37.2 Å². The van der Waals surface area contributed by atoms with Gasteiger partial charge in [-0.3, -0.25) is 14.3 Å². The fraction of sp³-hybridized carbons (Fsp3) is 0.269. The fourth-order valence-corrected chi connectivity index (χ4v) is 5.09. The molecule has 9 nitrogen and oxygen atoms in total. The number of carbonyl (C=O) groups is 2. The molecule has 4 heterocycles. The molecule has 190 valence electrons. The number of hydrogen-bond donors (Lipinski definition) is 1. The van der Waals surface area contributed by atoms with E-state index in [0.717, 1.165) is 24.2 Å². The van der Waals surface area contributed by atoms with Crippen LogP contribution in [0.3, 0.4) is 0 Å². The van der Waals surface area contributed by atoms with Crippen LogP contribution in [0, 0.1) is 6.92 Å². The molecule has 0 atom stereocenters. The molecule has 0 aliphatic carbocycles. The molecule has 1 aliphatic heterocycles. The molecule has 0 unspecified atom stereocenters. The Morgan fingerprint density at radius 3 is 2.54 bits per heavy atom. The van der Waals surface area contributed by atoms with Crippen molar-refractivity contribution < 1.29 is 9.59 Å². The van der Waals surface area contributed by atoms with Crippen LogP contribution < -0.4 is 5.32 Å². The minimum absolute atomic E-state index is 0.108. The van der Waals surface area contributed by atoms with Crippen molar-refractivity contribution in [2.24, 2.45) is 0 Å². The highest BCUT2D eigenvalue weighted by molar-refractivity contribution is 9.10. The van der Waals surface area contributed by atoms with E-state index in [1.165, 1.54) is 10.2 Å². The van der Waals surface area contributed by atoms with Gasteiger partial charge in [-0.05, 0) is 77.5 Å². The summed E-state index contributed by atoms with van der Waals surface area (Å²) in [5, 5.41) is 12.0. The summed E-state index contributed by atoms with van der Waals surface area (Å²) in [5.74, 6) is 0.520. The van der Waals surface area contributed by atoms with E-state index in [1.54, 1.807) is 35.3 Å². The van der Waals surface area contributed by atoms with Crippen molar-refractivity contribution in [3.63, 3.8) is 0 Å². The molecule has 37 heavy (non-hydrogen) atoms. The number of piperidine rings is 1. The zero-order chi connectivity index (χ0) is 25.9. The standard InChI is InChI=1S/C26H25BrClN7O2/c1-17-8-14-34(31-17)16-24(36)30-20-6-4-18(5-7-20)19-9-12-33(13-10-19)26(37)22-15-23(27)32-35(22)25-21(28)3-2-11-29-25/h2-8,11,14-15,19H,9-10,12-13,16H2,1H3,(H,30,36). The first-order valence-corrected chi connectivity index (χ1v) is 13.1. The van der Waals surface area contributed by atoms with Gasteiger partial charge in [-0.15, -0.1) is 0 Å². The monoisotopic (exact) mass is 581 g/mol. The second kappa shape index (κ2) is 10.9. The smallest absolute Gasteiger partial charge is 0.272 e. The third-order valence-corrected chi connectivity index (χ3v) is 7.05. The Morgan fingerprint density at radius 2 is 1.86 bits per heavy atom. The lowest BCUT2D eigenvalue weighted by atomic mass is 9.89. The summed E-state index contributed by atoms with van der Waals surface area (Å²) in [6, 6.07) is 15.0. The summed E-state index contributed by atoms with van der Waals surface area (Å²) in [6.07, 6.45) is 5.09. The summed E-state index contributed by atoms with van der Waals surface area (Å²) in [7, 11) is 0. The number of hydrogen-bond acceptors (Lipinski definition) is 5. The molecule has 1 aromatic carbocycles. The van der Waals surface area contributed by atoms with Gasteiger partial charge in [-0.2, -0.15) is 10.2 Å². The average molecular weight is 583 g/mol. The highest BCUT2D eigenvalue weighted by Crippen LogP contribution is 2.30. The molecule has 5 rings (SSSR count). The number of benzene rings is 1. The van der Waals surface area contributed by atoms with E-state index < -0.39 is 0 Å². The van der Waals surface area contributed by atoms with Crippen molar-refractivity contribution in [2.75, 3.05) is 18.4 Å². The van der Waals surface area contributed by atoms with Crippen molar-refractivity contribution in [1.29, 1.82) is 0 Å². The van der Waals surface area contributed by atoms with Gasteiger partial charge in [-0.25, -0.2) is 9.67 Å². The van der Waals surface area contributed by atoms with Gasteiger partial charge in [0.25, 0.3) is 5.91 Å². The number of amides is 2. The molecule has 0 saturated carbocycles. The first-order valence-electron chi connectivity index (χ1n) is 11.9. The van der Waals surface area contributed by atoms with E-state index in [0.29, 0.717) is 40.1 Å². The molecule has 0 radical (unpaired) electrons. The summed E-state index contributed by atoms with van der Waals surface area (Å²) in [5.41, 5.74) is 3.23. The molecule has 11 heteroatoms. The van der Waals surface area contributed by atoms with Crippen LogP contribution >= 0.6 is 27.5 Å². The predicted molar refractivity (Wildman–Crippen MR) is 144 cm³/mol. The van der Waals surface area contributed by atoms with E-state index >= 15 is 0 Å². The van der Waals surface area contributed by atoms with Crippen LogP contribution in [0.4, 0.5) is 5.69 Å². The van der Waals surface area contributed by atoms with Crippen molar-refractivity contribution in [3.05, 3.63) is 87.5 Å². The summed E-state index contributed by atoms with van der Waals surface area (Å²) < 4.78 is 3.64. The first kappa shape index (κ1) is 25.2. The van der Waals surface area contributed by atoms with Crippen LogP contribution in [-0.4, -0.2) is 54.3 Å². The topological polar surface area (TPSA) is 97.9 Å². The Labute approximate surface area is 227 Å². The number of pyridine rings is 1. The van der Waals surface area contributed by atoms with E-state index in [2.05, 4.69) is 36.4 Å². The highest BCUT2D eigenvalue weighted by Gasteiger charge is 2.28. The van der Waals surface area contributed by atoms with Crippen LogP contribution in [0.1, 0.15) is 40.5 Å². The summed E-state index contributed by atoms with van der Waals surface area (Å²) >= 11 is 9.67. The van der Waals surface area contributed by atoms with Crippen LogP contribution in [0.15, 0.2) is 65.5 Å². The summed E-state index contributed by atoms with van der Waals surface area (Å²) in [4.78, 5) is 31.8. The molecule has 1 aliphatic rings. The Bertz CT molecular complexity index is 1420. The van der Waals surface area contributed by atoms with E-state index in [9.17, 15) is 9.59 Å². The Morgan fingerprint density at radius 1 is 1.11 bits per heavy atom. The number of aryl methyl sites for hydroxylation is 1. The molecule has 1 N–H and O–H groups in total. The predicted octanol–water partition coefficient (Wildman–Crippen LogP) is 4.85. The van der Waals surface area contributed by atoms with Gasteiger partial charge in [0.15, 0.2) is 5.82 Å². The minimum Gasteiger partial charge on any atom is -0.337 e. The fourth-order valence-electron chi connectivity index (χ4n) is 4.51. The second-order valence-corrected chi connectivity index (χ2v) is 10.2. The zero-order valence-electron chi connectivity index (χ0n) is 20.1. The second-order valence-electron chi connectivity index (χ2n) is 8.96. The number of likely N-dealkylation sites (tertiary alicyclic amines) is 1. The SMILES string of the molecule is Cc1ccn(CC(=O)Nc2ccc(C3CCN(C(=O)c4cc(Br)nn4-c4ncccc4Cl)CC3)cc2)n1. The number of nitrogens with zero attached hydrogens (tertiary/aromatic N) is 6. The lowest BCUT2D eigenvalue weighted by molar-refractivity contribution is -0.116. The van der Waals surface area contributed by atoms with Crippen LogP contribution in [0.25, 0.3) is 5.82 Å². The molecular formula is C26H25BrClN7O2. The maximum atomic E-state index is 13.4. The van der Waals surface area contributed by atoms with Gasteiger partial charge in [-0.1, -0.05) is 23.7 Å². The van der Waals surface area contributed by atoms with Crippen molar-refractivity contribution in [2.45, 2.75) is 32.2 Å². The number of rotatable bonds is 6. The lowest BCUT2D eigenvalue weighted by Gasteiger charge is -2.32. The number of anilines is 1. The zero-order valence-corrected chi connectivity index (χ0v) is 22.5. The number of carbonyl (C=O) groups excluding carboxylic acids is 2. The van der Waals surface area contributed by atoms with Gasteiger partial charge < -0.3 is 10.2 Å². The van der Waals surface area contributed by atoms with Crippen molar-refractivity contribution in [3.8, 4) is 5.82 Å². The third kappa shape index (κ3) is 5.75. The van der Waals surface area contributed by atoms with Crippen molar-refractivity contribution >= 4 is 45.0 Å². The van der Waals surface area contributed by atoms with Gasteiger partial charge in [0.05, 0.1) is 10.7 Å². The molecule has 1 saturated heterocycles. The maximum Gasteiger partial charge on any atom is 0.272 e. The van der Waals surface area contributed by atoms with E-state index in [1.807, 2.05) is 42.2 Å². The van der Waals surface area contributed by atoms with E-state index in [-0.39, 0.29) is 18.4 Å². The molecular weight excluding hydrogens is 558 g/mol. The lowest BCUT2D eigenvalue weighted by Crippen LogP contribution is -2.38. The highest BCUT2D eigenvalue weighted by atomic mass is 79.9. The first-order chi connectivity index (χ1) is 17.9. The van der Waals surface area contributed by atoms with Gasteiger partial charge in [0.1, 0.15) is 16.8 Å².